The molecule has 336 valence electrons. The zero-order valence-electron chi connectivity index (χ0n) is 37.9. The summed E-state index contributed by atoms with van der Waals surface area (Å²) in [5.41, 5.74) is 3.41. The molecule has 14 nitrogen and oxygen atoms in total. The molecule has 0 bridgehead atoms. The Morgan fingerprint density at radius 3 is 1.91 bits per heavy atom. The van der Waals surface area contributed by atoms with Gasteiger partial charge in [0.1, 0.15) is 34.5 Å². The summed E-state index contributed by atoms with van der Waals surface area (Å²) in [4.78, 5) is 66.6. The van der Waals surface area contributed by atoms with Gasteiger partial charge in [-0.25, -0.2) is 14.4 Å². The van der Waals surface area contributed by atoms with Crippen molar-refractivity contribution < 1.29 is 47.7 Å². The minimum Gasteiger partial charge on any atom is -0.484 e. The lowest BCUT2D eigenvalue weighted by Crippen LogP contribution is -2.34. The van der Waals surface area contributed by atoms with E-state index in [1.165, 1.54) is 19.1 Å². The number of anilines is 4. The van der Waals surface area contributed by atoms with Crippen molar-refractivity contribution in [3.05, 3.63) is 137 Å². The second-order valence-electron chi connectivity index (χ2n) is 17.0. The number of nitrogens with one attached hydrogen (secondary N) is 3. The Labute approximate surface area is 374 Å². The maximum Gasteiger partial charge on any atom is 0.414 e. The molecular weight excluding hydrogens is 817 g/mol. The number of amides is 3. The van der Waals surface area contributed by atoms with Gasteiger partial charge in [-0.1, -0.05) is 54.6 Å². The van der Waals surface area contributed by atoms with Crippen LogP contribution >= 0.6 is 0 Å². The highest BCUT2D eigenvalue weighted by Crippen LogP contribution is 2.35. The van der Waals surface area contributed by atoms with Gasteiger partial charge < -0.3 is 34.3 Å². The summed E-state index contributed by atoms with van der Waals surface area (Å²) >= 11 is 0. The number of ketones is 1. The third-order valence-corrected chi connectivity index (χ3v) is 9.40. The van der Waals surface area contributed by atoms with Crippen LogP contribution in [0.4, 0.5) is 32.3 Å². The highest BCUT2D eigenvalue weighted by Gasteiger charge is 2.25. The van der Waals surface area contributed by atoms with E-state index >= 15 is 0 Å². The van der Waals surface area contributed by atoms with Crippen molar-refractivity contribution in [2.75, 3.05) is 41.6 Å². The second kappa shape index (κ2) is 20.7. The summed E-state index contributed by atoms with van der Waals surface area (Å²) < 4.78 is 28.2. The zero-order valence-corrected chi connectivity index (χ0v) is 37.9. The Kier molecular flexibility index (Phi) is 15.4. The van der Waals surface area contributed by atoms with Gasteiger partial charge in [-0.15, -0.1) is 0 Å². The van der Waals surface area contributed by atoms with E-state index in [2.05, 4.69) is 16.0 Å². The van der Waals surface area contributed by atoms with E-state index in [0.29, 0.717) is 51.1 Å². The fraction of sp³-hybridized carbons (Fsp3) is 0.300. The van der Waals surface area contributed by atoms with Crippen molar-refractivity contribution in [3.63, 3.8) is 0 Å². The van der Waals surface area contributed by atoms with E-state index in [1.807, 2.05) is 19.9 Å². The fourth-order valence-electron chi connectivity index (χ4n) is 6.48. The van der Waals surface area contributed by atoms with Gasteiger partial charge in [-0.2, -0.15) is 0 Å². The standard InChI is InChI=1S/C50H56N4O10/c1-31-26-37(27-32(2)44(31)53-47(58)63-49(3,4)5)62-36-24-25-40(42(29-36)54(9)48(59)64-50(6,7)8)52-43(55)30-61-35-22-20-33(21-23-35)28-41(46(57)60-10)51-39-19-15-14-18-38(39)45(56)34-16-12-11-13-17-34/h11-27,29,41,51H,28,30H2,1-10H3,(H,52,55)(H,53,58). The SMILES string of the molecule is COC(=O)C(Cc1ccc(OCC(=O)Nc2ccc(Oc3cc(C)c(NC(=O)OC(C)(C)C)c(C)c3)cc2N(C)C(=O)OC(C)(C)C)cc1)Nc1ccccc1C(=O)c1ccccc1. The fourth-order valence-corrected chi connectivity index (χ4v) is 6.48. The van der Waals surface area contributed by atoms with E-state index in [9.17, 15) is 24.0 Å². The Morgan fingerprint density at radius 1 is 0.672 bits per heavy atom. The summed E-state index contributed by atoms with van der Waals surface area (Å²) in [6.45, 7) is 13.9. The molecule has 5 aromatic carbocycles. The largest absolute Gasteiger partial charge is 0.484 e. The molecule has 0 aliphatic heterocycles. The molecule has 3 amide bonds. The molecule has 5 aromatic rings. The van der Waals surface area contributed by atoms with Gasteiger partial charge in [0, 0.05) is 36.3 Å². The molecule has 14 heteroatoms. The van der Waals surface area contributed by atoms with E-state index in [0.717, 1.165) is 16.7 Å². The topological polar surface area (TPSA) is 171 Å². The minimum absolute atomic E-state index is 0.185. The molecule has 0 aliphatic carbocycles. The molecule has 0 fully saturated rings. The smallest absolute Gasteiger partial charge is 0.414 e. The number of methoxy groups -OCH3 is 1. The first-order valence-corrected chi connectivity index (χ1v) is 20.6. The van der Waals surface area contributed by atoms with E-state index in [1.54, 1.807) is 145 Å². The van der Waals surface area contributed by atoms with Crippen LogP contribution in [0.25, 0.3) is 0 Å². The van der Waals surface area contributed by atoms with Crippen molar-refractivity contribution >= 4 is 52.6 Å². The maximum absolute atomic E-state index is 13.3. The molecule has 0 aromatic heterocycles. The molecular formula is C50H56N4O10. The number of hydrogen-bond acceptors (Lipinski definition) is 11. The monoisotopic (exact) mass is 872 g/mol. The number of para-hydroxylation sites is 1. The number of ether oxygens (including phenoxy) is 5. The van der Waals surface area contributed by atoms with Crippen molar-refractivity contribution in [1.82, 2.24) is 0 Å². The van der Waals surface area contributed by atoms with Gasteiger partial charge in [-0.05, 0) is 121 Å². The predicted octanol–water partition coefficient (Wildman–Crippen LogP) is 10.3. The van der Waals surface area contributed by atoms with Gasteiger partial charge in [0.05, 0.1) is 24.2 Å². The third kappa shape index (κ3) is 13.6. The molecule has 0 radical (unpaired) electrons. The molecule has 0 spiro atoms. The molecule has 0 saturated carbocycles. The average molecular weight is 873 g/mol. The van der Waals surface area contributed by atoms with Crippen LogP contribution in [0.3, 0.4) is 0 Å². The van der Waals surface area contributed by atoms with Gasteiger partial charge >= 0.3 is 18.2 Å². The number of carbonyl (C=O) groups excluding carboxylic acids is 5. The number of aryl methyl sites for hydroxylation is 2. The normalized spacial score (nSPS) is 11.7. The number of carbonyl (C=O) groups is 5. The summed E-state index contributed by atoms with van der Waals surface area (Å²) in [5, 5.41) is 8.84. The van der Waals surface area contributed by atoms with Crippen LogP contribution < -0.4 is 30.3 Å². The Bertz CT molecular complexity index is 2450. The van der Waals surface area contributed by atoms with Crippen LogP contribution in [-0.4, -0.2) is 67.9 Å². The Balaban J connectivity index is 1.27. The summed E-state index contributed by atoms with van der Waals surface area (Å²) in [5.74, 6) is 0.0344. The maximum atomic E-state index is 13.3. The van der Waals surface area contributed by atoms with Crippen molar-refractivity contribution in [2.24, 2.45) is 0 Å². The van der Waals surface area contributed by atoms with E-state index in [-0.39, 0.29) is 18.8 Å². The first kappa shape index (κ1) is 47.7. The summed E-state index contributed by atoms with van der Waals surface area (Å²) in [6, 6.07) is 30.4. The molecule has 1 atom stereocenters. The number of nitrogens with zero attached hydrogens (tertiary/aromatic N) is 1. The summed E-state index contributed by atoms with van der Waals surface area (Å²) in [6.07, 6.45) is -1.00. The molecule has 1 unspecified atom stereocenters. The molecule has 3 N–H and O–H groups in total. The Morgan fingerprint density at radius 2 is 1.28 bits per heavy atom. The first-order valence-electron chi connectivity index (χ1n) is 20.6. The van der Waals surface area contributed by atoms with E-state index in [4.69, 9.17) is 23.7 Å². The number of benzene rings is 5. The average Bonchev–Trinajstić information content (AvgIpc) is 3.23. The molecule has 0 saturated heterocycles. The van der Waals surface area contributed by atoms with Crippen LogP contribution in [0.15, 0.2) is 109 Å². The molecule has 0 heterocycles. The van der Waals surface area contributed by atoms with Crippen LogP contribution in [0.5, 0.6) is 17.2 Å². The van der Waals surface area contributed by atoms with Crippen LogP contribution in [0.1, 0.15) is 74.2 Å². The summed E-state index contributed by atoms with van der Waals surface area (Å²) in [7, 11) is 2.83. The number of esters is 1. The lowest BCUT2D eigenvalue weighted by atomic mass is 10.00. The van der Waals surface area contributed by atoms with Crippen molar-refractivity contribution in [3.8, 4) is 17.2 Å². The predicted molar refractivity (Wildman–Crippen MR) is 247 cm³/mol. The van der Waals surface area contributed by atoms with Crippen LogP contribution in [0, 0.1) is 13.8 Å². The molecule has 5 rings (SSSR count). The molecule has 64 heavy (non-hydrogen) atoms. The van der Waals surface area contributed by atoms with Gasteiger partial charge in [-0.3, -0.25) is 19.8 Å². The van der Waals surface area contributed by atoms with Crippen molar-refractivity contribution in [1.29, 1.82) is 0 Å². The van der Waals surface area contributed by atoms with Gasteiger partial charge in [0.2, 0.25) is 0 Å². The van der Waals surface area contributed by atoms with Gasteiger partial charge in [0.15, 0.2) is 12.4 Å². The minimum atomic E-state index is -0.820. The van der Waals surface area contributed by atoms with Crippen molar-refractivity contribution in [2.45, 2.75) is 79.1 Å². The number of rotatable bonds is 15. The highest BCUT2D eigenvalue weighted by molar-refractivity contribution is 6.12. The second-order valence-corrected chi connectivity index (χ2v) is 17.0. The van der Waals surface area contributed by atoms with Gasteiger partial charge in [0.25, 0.3) is 5.91 Å². The highest BCUT2D eigenvalue weighted by atomic mass is 16.6. The Hall–Kier alpha value is -7.35. The number of hydrogen-bond donors (Lipinski definition) is 3. The quantitative estimate of drug-likeness (QED) is 0.0520. The van der Waals surface area contributed by atoms with Crippen LogP contribution in [-0.2, 0) is 30.2 Å². The van der Waals surface area contributed by atoms with Crippen LogP contribution in [0.2, 0.25) is 0 Å². The lowest BCUT2D eigenvalue weighted by molar-refractivity contribution is -0.141. The molecule has 0 aliphatic rings. The third-order valence-electron chi connectivity index (χ3n) is 9.40. The van der Waals surface area contributed by atoms with E-state index < -0.39 is 41.3 Å². The zero-order chi connectivity index (χ0) is 46.8. The first-order chi connectivity index (χ1) is 30.2. The lowest BCUT2D eigenvalue weighted by Gasteiger charge is -2.26.